The van der Waals surface area contributed by atoms with Crippen molar-refractivity contribution in [3.8, 4) is 0 Å². The maximum absolute atomic E-state index is 12.4. The molecule has 0 aromatic carbocycles. The highest BCUT2D eigenvalue weighted by molar-refractivity contribution is 5.81. The second kappa shape index (κ2) is 9.14. The Morgan fingerprint density at radius 2 is 2.00 bits per heavy atom. The number of nitrogens with zero attached hydrogens (tertiary/aromatic N) is 1. The molecule has 114 valence electrons. The van der Waals surface area contributed by atoms with Crippen molar-refractivity contribution in [2.24, 2.45) is 5.73 Å². The predicted octanol–water partition coefficient (Wildman–Crippen LogP) is 1.50. The summed E-state index contributed by atoms with van der Waals surface area (Å²) >= 11 is 0. The molecule has 1 amide bonds. The van der Waals surface area contributed by atoms with E-state index in [4.69, 9.17) is 5.73 Å². The van der Waals surface area contributed by atoms with Gasteiger partial charge in [0, 0.05) is 19.6 Å². The van der Waals surface area contributed by atoms with Crippen LogP contribution in [0.2, 0.25) is 0 Å². The second-order valence-electron chi connectivity index (χ2n) is 4.55. The molecule has 0 rings (SSSR count). The summed E-state index contributed by atoms with van der Waals surface area (Å²) in [6, 6.07) is -0.827. The van der Waals surface area contributed by atoms with Crippen LogP contribution in [0.5, 0.6) is 0 Å². The van der Waals surface area contributed by atoms with Gasteiger partial charge in [-0.1, -0.05) is 19.8 Å². The molecular weight excluding hydrogens is 259 g/mol. The van der Waals surface area contributed by atoms with E-state index < -0.39 is 18.8 Å². The number of halogens is 3. The molecule has 0 aliphatic carbocycles. The summed E-state index contributed by atoms with van der Waals surface area (Å²) in [5, 5.41) is 2.65. The summed E-state index contributed by atoms with van der Waals surface area (Å²) < 4.78 is 37.2. The first-order valence-electron chi connectivity index (χ1n) is 6.60. The van der Waals surface area contributed by atoms with Crippen molar-refractivity contribution < 1.29 is 18.0 Å². The molecule has 0 radical (unpaired) electrons. The van der Waals surface area contributed by atoms with Crippen LogP contribution in [0.1, 0.15) is 33.1 Å². The Labute approximate surface area is 112 Å². The van der Waals surface area contributed by atoms with Crippen molar-refractivity contribution in [2.45, 2.75) is 45.3 Å². The van der Waals surface area contributed by atoms with Gasteiger partial charge in [0.2, 0.25) is 5.91 Å². The van der Waals surface area contributed by atoms with Gasteiger partial charge < -0.3 is 11.1 Å². The van der Waals surface area contributed by atoms with Crippen LogP contribution in [0.15, 0.2) is 0 Å². The molecule has 19 heavy (non-hydrogen) atoms. The highest BCUT2D eigenvalue weighted by Gasteiger charge is 2.34. The Kier molecular flexibility index (Phi) is 8.75. The van der Waals surface area contributed by atoms with Crippen LogP contribution in [-0.4, -0.2) is 49.2 Å². The van der Waals surface area contributed by atoms with Gasteiger partial charge >= 0.3 is 6.18 Å². The molecule has 0 aliphatic rings. The van der Waals surface area contributed by atoms with Gasteiger partial charge in [0.05, 0.1) is 12.6 Å². The van der Waals surface area contributed by atoms with Crippen molar-refractivity contribution in [1.29, 1.82) is 0 Å². The Balaban J connectivity index is 4.28. The Morgan fingerprint density at radius 3 is 2.47 bits per heavy atom. The van der Waals surface area contributed by atoms with Crippen LogP contribution in [0.4, 0.5) is 13.2 Å². The highest BCUT2D eigenvalue weighted by atomic mass is 19.4. The maximum atomic E-state index is 12.4. The van der Waals surface area contributed by atoms with E-state index in [-0.39, 0.29) is 19.0 Å². The number of rotatable bonds is 9. The lowest BCUT2D eigenvalue weighted by molar-refractivity contribution is -0.154. The van der Waals surface area contributed by atoms with Crippen molar-refractivity contribution in [2.75, 3.05) is 26.2 Å². The Bertz CT molecular complexity index is 259. The van der Waals surface area contributed by atoms with Crippen LogP contribution in [0.3, 0.4) is 0 Å². The molecule has 0 fully saturated rings. The number of hydrogen-bond acceptors (Lipinski definition) is 3. The molecule has 0 aliphatic heterocycles. The van der Waals surface area contributed by atoms with Gasteiger partial charge in [0.25, 0.3) is 0 Å². The minimum Gasteiger partial charge on any atom is -0.355 e. The zero-order valence-electron chi connectivity index (χ0n) is 11.6. The Hall–Kier alpha value is -0.820. The molecule has 0 aromatic rings. The first-order chi connectivity index (χ1) is 8.81. The highest BCUT2D eigenvalue weighted by Crippen LogP contribution is 2.17. The number of alkyl halides is 3. The summed E-state index contributed by atoms with van der Waals surface area (Å²) in [5.74, 6) is -0.381. The van der Waals surface area contributed by atoms with E-state index in [9.17, 15) is 18.0 Å². The van der Waals surface area contributed by atoms with Crippen molar-refractivity contribution in [3.63, 3.8) is 0 Å². The number of hydrogen-bond donors (Lipinski definition) is 2. The third-order valence-electron chi connectivity index (χ3n) is 2.81. The fraction of sp³-hybridized carbons (Fsp3) is 0.917. The van der Waals surface area contributed by atoms with E-state index in [0.717, 1.165) is 24.2 Å². The van der Waals surface area contributed by atoms with Crippen molar-refractivity contribution in [3.05, 3.63) is 0 Å². The number of unbranched alkanes of at least 4 members (excludes halogenated alkanes) is 2. The van der Waals surface area contributed by atoms with Crippen LogP contribution in [-0.2, 0) is 4.79 Å². The lowest BCUT2D eigenvalue weighted by Crippen LogP contribution is -2.50. The molecule has 7 heteroatoms. The van der Waals surface area contributed by atoms with Crippen molar-refractivity contribution >= 4 is 5.91 Å². The molecule has 0 heterocycles. The van der Waals surface area contributed by atoms with Crippen LogP contribution < -0.4 is 11.1 Å². The average molecular weight is 283 g/mol. The quantitative estimate of drug-likeness (QED) is 0.631. The first kappa shape index (κ1) is 18.2. The number of nitrogens with one attached hydrogen (secondary N) is 1. The summed E-state index contributed by atoms with van der Waals surface area (Å²) in [6.45, 7) is 3.02. The van der Waals surface area contributed by atoms with E-state index in [1.165, 1.54) is 6.92 Å². The molecular formula is C12H24F3N3O. The lowest BCUT2D eigenvalue weighted by Gasteiger charge is -2.28. The summed E-state index contributed by atoms with van der Waals surface area (Å²) in [7, 11) is 0. The minimum absolute atomic E-state index is 0.0447. The zero-order chi connectivity index (χ0) is 14.9. The van der Waals surface area contributed by atoms with Gasteiger partial charge in [-0.3, -0.25) is 9.69 Å². The monoisotopic (exact) mass is 283 g/mol. The predicted molar refractivity (Wildman–Crippen MR) is 68.7 cm³/mol. The molecule has 4 nitrogen and oxygen atoms in total. The first-order valence-corrected chi connectivity index (χ1v) is 6.60. The largest absolute Gasteiger partial charge is 0.401 e. The van der Waals surface area contributed by atoms with E-state index >= 15 is 0 Å². The second-order valence-corrected chi connectivity index (χ2v) is 4.55. The number of nitrogens with two attached hydrogens (primary N) is 1. The molecule has 0 saturated heterocycles. The van der Waals surface area contributed by atoms with E-state index in [1.54, 1.807) is 0 Å². The maximum Gasteiger partial charge on any atom is 0.401 e. The molecule has 0 saturated carbocycles. The third kappa shape index (κ3) is 8.83. The van der Waals surface area contributed by atoms with Gasteiger partial charge in [0.15, 0.2) is 0 Å². The van der Waals surface area contributed by atoms with E-state index in [1.807, 2.05) is 6.92 Å². The van der Waals surface area contributed by atoms with Crippen LogP contribution >= 0.6 is 0 Å². The summed E-state index contributed by atoms with van der Waals surface area (Å²) in [5.41, 5.74) is 5.29. The van der Waals surface area contributed by atoms with Gasteiger partial charge in [-0.2, -0.15) is 13.2 Å². The fourth-order valence-corrected chi connectivity index (χ4v) is 1.71. The third-order valence-corrected chi connectivity index (χ3v) is 2.81. The minimum atomic E-state index is -4.33. The molecule has 0 aromatic heterocycles. The summed E-state index contributed by atoms with van der Waals surface area (Å²) in [6.07, 6.45) is -1.47. The molecule has 1 atom stereocenters. The van der Waals surface area contributed by atoms with Gasteiger partial charge in [-0.05, 0) is 13.3 Å². The normalized spacial score (nSPS) is 13.6. The van der Waals surface area contributed by atoms with Gasteiger partial charge in [-0.25, -0.2) is 0 Å². The molecule has 0 spiro atoms. The molecule has 0 bridgehead atoms. The van der Waals surface area contributed by atoms with E-state index in [0.29, 0.717) is 6.54 Å². The van der Waals surface area contributed by atoms with Gasteiger partial charge in [0.1, 0.15) is 0 Å². The topological polar surface area (TPSA) is 58.4 Å². The van der Waals surface area contributed by atoms with E-state index in [2.05, 4.69) is 5.32 Å². The fourth-order valence-electron chi connectivity index (χ4n) is 1.71. The van der Waals surface area contributed by atoms with Crippen LogP contribution in [0, 0.1) is 0 Å². The lowest BCUT2D eigenvalue weighted by atomic mass is 10.2. The standard InChI is InChI=1S/C12H24F3N3O/c1-3-4-5-7-17-11(19)10(2)18(8-6-16)9-12(13,14)15/h10H,3-9,16H2,1-2H3,(H,17,19). The van der Waals surface area contributed by atoms with Crippen molar-refractivity contribution in [1.82, 2.24) is 10.2 Å². The average Bonchev–Trinajstić information content (AvgIpc) is 2.31. The summed E-state index contributed by atoms with van der Waals surface area (Å²) in [4.78, 5) is 12.8. The number of amides is 1. The number of carbonyl (C=O) groups excluding carboxylic acids is 1. The Morgan fingerprint density at radius 1 is 1.37 bits per heavy atom. The smallest absolute Gasteiger partial charge is 0.355 e. The molecule has 1 unspecified atom stereocenters. The van der Waals surface area contributed by atoms with Crippen LogP contribution in [0.25, 0.3) is 0 Å². The van der Waals surface area contributed by atoms with Gasteiger partial charge in [-0.15, -0.1) is 0 Å². The zero-order valence-corrected chi connectivity index (χ0v) is 11.6. The number of carbonyl (C=O) groups is 1. The SMILES string of the molecule is CCCCCNC(=O)C(C)N(CCN)CC(F)(F)F. The molecule has 3 N–H and O–H groups in total.